The third-order valence-corrected chi connectivity index (χ3v) is 8.43. The number of sulfone groups is 1. The molecule has 3 nitrogen and oxygen atoms in total. The van der Waals surface area contributed by atoms with Crippen LogP contribution >= 0.6 is 0 Å². The molecule has 4 rings (SSSR count). The van der Waals surface area contributed by atoms with Crippen LogP contribution in [0.15, 0.2) is 89.8 Å². The maximum atomic E-state index is 13.9. The predicted molar refractivity (Wildman–Crippen MR) is 118 cm³/mol. The Bertz CT molecular complexity index is 1070. The second kappa shape index (κ2) is 7.43. The Morgan fingerprint density at radius 3 is 1.83 bits per heavy atom. The fourth-order valence-corrected chi connectivity index (χ4v) is 7.00. The van der Waals surface area contributed by atoms with Gasteiger partial charge in [0.25, 0.3) is 0 Å². The Labute approximate surface area is 173 Å². The molecule has 4 heteroatoms. The van der Waals surface area contributed by atoms with Crippen molar-refractivity contribution in [2.75, 3.05) is 0 Å². The standard InChI is InChI=1S/C25H27NO2S/c1-18-14-16-21(17-15-18)29(27,28)24-22(19-10-6-4-7-11-19)23(26-25(24,2)3)20-12-8-5-9-13-20/h4-17,22-24,26H,1-3H3/t22-,23?,24?/m1/s1. The van der Waals surface area contributed by atoms with Crippen LogP contribution in [0.2, 0.25) is 0 Å². The van der Waals surface area contributed by atoms with E-state index >= 15 is 0 Å². The van der Waals surface area contributed by atoms with Gasteiger partial charge < -0.3 is 5.32 Å². The summed E-state index contributed by atoms with van der Waals surface area (Å²) >= 11 is 0. The van der Waals surface area contributed by atoms with Crippen LogP contribution in [-0.2, 0) is 9.84 Å². The maximum absolute atomic E-state index is 13.9. The van der Waals surface area contributed by atoms with Crippen molar-refractivity contribution in [1.82, 2.24) is 5.32 Å². The van der Waals surface area contributed by atoms with Crippen LogP contribution < -0.4 is 5.32 Å². The van der Waals surface area contributed by atoms with Crippen LogP contribution in [0.3, 0.4) is 0 Å². The number of nitrogens with one attached hydrogen (secondary N) is 1. The van der Waals surface area contributed by atoms with Gasteiger partial charge in [0, 0.05) is 17.5 Å². The highest BCUT2D eigenvalue weighted by Crippen LogP contribution is 2.49. The molecule has 3 aromatic carbocycles. The van der Waals surface area contributed by atoms with Gasteiger partial charge in [-0.25, -0.2) is 8.42 Å². The van der Waals surface area contributed by atoms with E-state index in [0.29, 0.717) is 4.90 Å². The molecule has 1 heterocycles. The molecule has 3 aromatic rings. The van der Waals surface area contributed by atoms with Gasteiger partial charge in [0.15, 0.2) is 9.84 Å². The highest BCUT2D eigenvalue weighted by Gasteiger charge is 2.55. The molecular weight excluding hydrogens is 378 g/mol. The lowest BCUT2D eigenvalue weighted by Gasteiger charge is -2.30. The van der Waals surface area contributed by atoms with Crippen LogP contribution in [0.25, 0.3) is 0 Å². The zero-order valence-electron chi connectivity index (χ0n) is 17.0. The summed E-state index contributed by atoms with van der Waals surface area (Å²) < 4.78 is 27.8. The maximum Gasteiger partial charge on any atom is 0.183 e. The van der Waals surface area contributed by atoms with Gasteiger partial charge in [-0.2, -0.15) is 0 Å². The molecule has 1 aliphatic heterocycles. The Kier molecular flexibility index (Phi) is 5.09. The molecule has 0 spiro atoms. The summed E-state index contributed by atoms with van der Waals surface area (Å²) in [6, 6.07) is 27.3. The molecule has 29 heavy (non-hydrogen) atoms. The molecule has 2 unspecified atom stereocenters. The average Bonchev–Trinajstić information content (AvgIpc) is 3.01. The van der Waals surface area contributed by atoms with Crippen molar-refractivity contribution < 1.29 is 8.42 Å². The van der Waals surface area contributed by atoms with Gasteiger partial charge in [0.05, 0.1) is 10.1 Å². The second-order valence-electron chi connectivity index (χ2n) is 8.47. The molecule has 0 amide bonds. The number of hydrogen-bond acceptors (Lipinski definition) is 3. The van der Waals surface area contributed by atoms with Crippen LogP contribution in [0.1, 0.15) is 42.5 Å². The van der Waals surface area contributed by atoms with Gasteiger partial charge in [0.2, 0.25) is 0 Å². The van der Waals surface area contributed by atoms with Crippen molar-refractivity contribution in [1.29, 1.82) is 0 Å². The van der Waals surface area contributed by atoms with Crippen molar-refractivity contribution in [3.8, 4) is 0 Å². The third-order valence-electron chi connectivity index (χ3n) is 5.95. The summed E-state index contributed by atoms with van der Waals surface area (Å²) in [6.07, 6.45) is 0. The van der Waals surface area contributed by atoms with Crippen molar-refractivity contribution in [2.24, 2.45) is 0 Å². The lowest BCUT2D eigenvalue weighted by Crippen LogP contribution is -2.46. The smallest absolute Gasteiger partial charge is 0.183 e. The van der Waals surface area contributed by atoms with Gasteiger partial charge in [-0.1, -0.05) is 78.4 Å². The molecule has 1 N–H and O–H groups in total. The summed E-state index contributed by atoms with van der Waals surface area (Å²) in [5.74, 6) is -0.195. The number of rotatable bonds is 4. The van der Waals surface area contributed by atoms with E-state index in [9.17, 15) is 8.42 Å². The molecule has 0 aromatic heterocycles. The fraction of sp³-hybridized carbons (Fsp3) is 0.280. The molecule has 0 radical (unpaired) electrons. The van der Waals surface area contributed by atoms with Crippen molar-refractivity contribution in [2.45, 2.75) is 48.4 Å². The first-order valence-corrected chi connectivity index (χ1v) is 11.5. The zero-order valence-corrected chi connectivity index (χ0v) is 17.9. The van der Waals surface area contributed by atoms with Crippen LogP contribution in [0.5, 0.6) is 0 Å². The molecule has 0 bridgehead atoms. The van der Waals surface area contributed by atoms with E-state index in [4.69, 9.17) is 0 Å². The zero-order chi connectivity index (χ0) is 20.6. The Balaban J connectivity index is 1.89. The molecule has 150 valence electrons. The minimum Gasteiger partial charge on any atom is -0.303 e. The Hall–Kier alpha value is -2.43. The average molecular weight is 406 g/mol. The summed E-state index contributed by atoms with van der Waals surface area (Å²) in [5, 5.41) is 3.06. The topological polar surface area (TPSA) is 46.2 Å². The minimum absolute atomic E-state index is 0.0844. The monoisotopic (exact) mass is 405 g/mol. The molecule has 1 saturated heterocycles. The van der Waals surface area contributed by atoms with Gasteiger partial charge in [-0.05, 0) is 44.0 Å². The van der Waals surface area contributed by atoms with Crippen molar-refractivity contribution >= 4 is 9.84 Å². The molecule has 3 atom stereocenters. The van der Waals surface area contributed by atoms with E-state index in [2.05, 4.69) is 17.4 Å². The van der Waals surface area contributed by atoms with Gasteiger partial charge in [0.1, 0.15) is 0 Å². The van der Waals surface area contributed by atoms with Crippen LogP contribution in [-0.4, -0.2) is 19.2 Å². The molecule has 1 aliphatic rings. The van der Waals surface area contributed by atoms with Crippen molar-refractivity contribution in [3.63, 3.8) is 0 Å². The normalized spacial score (nSPS) is 23.8. The van der Waals surface area contributed by atoms with Crippen LogP contribution in [0, 0.1) is 6.92 Å². The Morgan fingerprint density at radius 1 is 0.759 bits per heavy atom. The highest BCUT2D eigenvalue weighted by molar-refractivity contribution is 7.92. The number of benzene rings is 3. The molecule has 1 fully saturated rings. The van der Waals surface area contributed by atoms with Gasteiger partial charge in [-0.3, -0.25) is 0 Å². The van der Waals surface area contributed by atoms with Crippen LogP contribution in [0.4, 0.5) is 0 Å². The first kappa shape index (κ1) is 19.9. The van der Waals surface area contributed by atoms with E-state index in [0.717, 1.165) is 16.7 Å². The van der Waals surface area contributed by atoms with Gasteiger partial charge in [-0.15, -0.1) is 0 Å². The number of aryl methyl sites for hydroxylation is 1. The highest BCUT2D eigenvalue weighted by atomic mass is 32.2. The summed E-state index contributed by atoms with van der Waals surface area (Å²) in [6.45, 7) is 5.97. The van der Waals surface area contributed by atoms with Crippen molar-refractivity contribution in [3.05, 3.63) is 102 Å². The SMILES string of the molecule is Cc1ccc(S(=O)(=O)C2[C@H](c3ccccc3)C(c3ccccc3)NC2(C)C)cc1. The molecular formula is C25H27NO2S. The molecule has 0 saturated carbocycles. The van der Waals surface area contributed by atoms with Gasteiger partial charge >= 0.3 is 0 Å². The van der Waals surface area contributed by atoms with E-state index in [1.807, 2.05) is 81.4 Å². The predicted octanol–water partition coefficient (Wildman–Crippen LogP) is 5.04. The molecule has 0 aliphatic carbocycles. The fourth-order valence-electron chi connectivity index (χ4n) is 4.65. The lowest BCUT2D eigenvalue weighted by atomic mass is 9.85. The first-order chi connectivity index (χ1) is 13.8. The first-order valence-electron chi connectivity index (χ1n) is 9.99. The lowest BCUT2D eigenvalue weighted by molar-refractivity contribution is 0.428. The largest absolute Gasteiger partial charge is 0.303 e. The van der Waals surface area contributed by atoms with E-state index in [1.165, 1.54) is 0 Å². The van der Waals surface area contributed by atoms with E-state index in [1.54, 1.807) is 12.1 Å². The third kappa shape index (κ3) is 3.63. The van der Waals surface area contributed by atoms with E-state index in [-0.39, 0.29) is 12.0 Å². The van der Waals surface area contributed by atoms with E-state index < -0.39 is 20.6 Å². The Morgan fingerprint density at radius 2 is 1.28 bits per heavy atom. The summed E-state index contributed by atoms with van der Waals surface area (Å²) in [7, 11) is -3.56. The quantitative estimate of drug-likeness (QED) is 0.661. The number of hydrogen-bond donors (Lipinski definition) is 1. The summed E-state index contributed by atoms with van der Waals surface area (Å²) in [5.41, 5.74) is 2.61. The summed E-state index contributed by atoms with van der Waals surface area (Å²) in [4.78, 5) is 0.387. The second-order valence-corrected chi connectivity index (χ2v) is 10.5. The minimum atomic E-state index is -3.56.